The van der Waals surface area contributed by atoms with Gasteiger partial charge in [0.15, 0.2) is 0 Å². The highest BCUT2D eigenvalue weighted by molar-refractivity contribution is 5.82. The maximum atomic E-state index is 12.8. The molecule has 1 saturated heterocycles. The molecule has 3 rings (SSSR count). The van der Waals surface area contributed by atoms with Crippen LogP contribution in [0.4, 0.5) is 0 Å². The number of benzene rings is 1. The highest BCUT2D eigenvalue weighted by Crippen LogP contribution is 2.35. The van der Waals surface area contributed by atoms with E-state index in [-0.39, 0.29) is 18.1 Å². The van der Waals surface area contributed by atoms with Crippen molar-refractivity contribution in [2.45, 2.75) is 58.7 Å². The summed E-state index contributed by atoms with van der Waals surface area (Å²) in [6, 6.07) is 3.85. The summed E-state index contributed by atoms with van der Waals surface area (Å²) in [5.74, 6) is 1.75. The zero-order chi connectivity index (χ0) is 19.2. The molecule has 2 aliphatic rings. The van der Waals surface area contributed by atoms with E-state index in [0.717, 1.165) is 49.4 Å². The fraction of sp³-hybridized carbons (Fsp3) is 0.667. The predicted molar refractivity (Wildman–Crippen MR) is 104 cm³/mol. The van der Waals surface area contributed by atoms with Crippen LogP contribution in [-0.2, 0) is 22.5 Å². The van der Waals surface area contributed by atoms with E-state index in [1.807, 2.05) is 13.0 Å². The molecular formula is C21H32N2O4. The molecule has 0 spiro atoms. The van der Waals surface area contributed by atoms with Crippen LogP contribution in [0.1, 0.15) is 44.7 Å². The topological polar surface area (TPSA) is 60.0 Å². The molecule has 27 heavy (non-hydrogen) atoms. The SMILES string of the molecule is CCCCN1CCOC[C@H]1C(=O)NCc1cc2c(cc1OCC)C[C@H](C)O2. The van der Waals surface area contributed by atoms with Crippen LogP contribution in [-0.4, -0.2) is 55.9 Å². The number of hydrogen-bond donors (Lipinski definition) is 1. The number of hydrogen-bond acceptors (Lipinski definition) is 5. The van der Waals surface area contributed by atoms with Crippen molar-refractivity contribution in [2.24, 2.45) is 0 Å². The lowest BCUT2D eigenvalue weighted by atomic mass is 10.1. The van der Waals surface area contributed by atoms with Gasteiger partial charge in [-0.15, -0.1) is 0 Å². The molecule has 0 unspecified atom stereocenters. The fourth-order valence-electron chi connectivity index (χ4n) is 3.72. The summed E-state index contributed by atoms with van der Waals surface area (Å²) in [4.78, 5) is 15.0. The van der Waals surface area contributed by atoms with E-state index >= 15 is 0 Å². The molecular weight excluding hydrogens is 344 g/mol. The number of ether oxygens (including phenoxy) is 3. The lowest BCUT2D eigenvalue weighted by molar-refractivity contribution is -0.132. The summed E-state index contributed by atoms with van der Waals surface area (Å²) in [6.45, 7) is 10.1. The van der Waals surface area contributed by atoms with Gasteiger partial charge < -0.3 is 19.5 Å². The predicted octanol–water partition coefficient (Wildman–Crippen LogP) is 2.53. The minimum atomic E-state index is -0.216. The van der Waals surface area contributed by atoms with Gasteiger partial charge in [-0.25, -0.2) is 0 Å². The molecule has 0 saturated carbocycles. The van der Waals surface area contributed by atoms with E-state index < -0.39 is 0 Å². The maximum Gasteiger partial charge on any atom is 0.240 e. The van der Waals surface area contributed by atoms with Crippen molar-refractivity contribution in [3.05, 3.63) is 23.3 Å². The van der Waals surface area contributed by atoms with Crippen molar-refractivity contribution in [2.75, 3.05) is 32.9 Å². The molecule has 1 N–H and O–H groups in total. The Hall–Kier alpha value is -1.79. The van der Waals surface area contributed by atoms with E-state index in [9.17, 15) is 4.79 Å². The second-order valence-electron chi connectivity index (χ2n) is 7.33. The Morgan fingerprint density at radius 3 is 3.00 bits per heavy atom. The Kier molecular flexibility index (Phi) is 6.96. The average Bonchev–Trinajstić information content (AvgIpc) is 3.03. The molecule has 150 valence electrons. The van der Waals surface area contributed by atoms with Crippen LogP contribution in [0.2, 0.25) is 0 Å². The Morgan fingerprint density at radius 2 is 2.22 bits per heavy atom. The van der Waals surface area contributed by atoms with Crippen molar-refractivity contribution in [3.63, 3.8) is 0 Å². The Labute approximate surface area is 162 Å². The van der Waals surface area contributed by atoms with E-state index in [2.05, 4.69) is 30.1 Å². The Bertz CT molecular complexity index is 649. The van der Waals surface area contributed by atoms with Gasteiger partial charge in [0.1, 0.15) is 23.6 Å². The van der Waals surface area contributed by atoms with Gasteiger partial charge in [-0.2, -0.15) is 0 Å². The lowest BCUT2D eigenvalue weighted by Gasteiger charge is -2.34. The van der Waals surface area contributed by atoms with Crippen molar-refractivity contribution in [3.8, 4) is 11.5 Å². The molecule has 0 aliphatic carbocycles. The molecule has 2 aliphatic heterocycles. The van der Waals surface area contributed by atoms with Crippen LogP contribution in [0, 0.1) is 0 Å². The number of carbonyl (C=O) groups excluding carboxylic acids is 1. The van der Waals surface area contributed by atoms with Crippen LogP contribution in [0.3, 0.4) is 0 Å². The minimum absolute atomic E-state index is 0.0167. The molecule has 1 aromatic carbocycles. The molecule has 0 radical (unpaired) electrons. The van der Waals surface area contributed by atoms with E-state index in [0.29, 0.717) is 26.4 Å². The standard InChI is InChI=1S/C21H32N2O4/c1-4-6-7-23-8-9-25-14-18(23)21(24)22-13-17-12-20-16(10-15(3)27-20)11-19(17)26-5-2/h11-12,15,18H,4-10,13-14H2,1-3H3,(H,22,24)/t15-,18-/m0/s1. The molecule has 2 atom stereocenters. The van der Waals surface area contributed by atoms with Crippen LogP contribution >= 0.6 is 0 Å². The van der Waals surface area contributed by atoms with E-state index in [4.69, 9.17) is 14.2 Å². The second-order valence-corrected chi connectivity index (χ2v) is 7.33. The summed E-state index contributed by atoms with van der Waals surface area (Å²) < 4.78 is 17.2. The first kappa shape index (κ1) is 20.0. The number of rotatable bonds is 8. The fourth-order valence-corrected chi connectivity index (χ4v) is 3.72. The zero-order valence-electron chi connectivity index (χ0n) is 16.8. The van der Waals surface area contributed by atoms with Gasteiger partial charge in [0, 0.05) is 30.6 Å². The third kappa shape index (κ3) is 4.93. The summed E-state index contributed by atoms with van der Waals surface area (Å²) in [5, 5.41) is 3.08. The Morgan fingerprint density at radius 1 is 1.37 bits per heavy atom. The number of fused-ring (bicyclic) bond motifs is 1. The largest absolute Gasteiger partial charge is 0.494 e. The molecule has 0 aromatic heterocycles. The molecule has 1 fully saturated rings. The summed E-state index contributed by atoms with van der Waals surface area (Å²) in [5.41, 5.74) is 2.13. The van der Waals surface area contributed by atoms with Gasteiger partial charge in [0.25, 0.3) is 0 Å². The molecule has 6 heteroatoms. The number of carbonyl (C=O) groups is 1. The third-order valence-electron chi connectivity index (χ3n) is 5.17. The second kappa shape index (κ2) is 9.42. The van der Waals surface area contributed by atoms with Crippen LogP contribution in [0.15, 0.2) is 12.1 Å². The number of nitrogens with one attached hydrogen (secondary N) is 1. The number of unbranched alkanes of at least 4 members (excludes halogenated alkanes) is 1. The van der Waals surface area contributed by atoms with Crippen LogP contribution < -0.4 is 14.8 Å². The van der Waals surface area contributed by atoms with Gasteiger partial charge in [-0.3, -0.25) is 9.69 Å². The third-order valence-corrected chi connectivity index (χ3v) is 5.17. The van der Waals surface area contributed by atoms with Gasteiger partial charge >= 0.3 is 0 Å². The zero-order valence-corrected chi connectivity index (χ0v) is 16.8. The van der Waals surface area contributed by atoms with Gasteiger partial charge in [-0.05, 0) is 38.9 Å². The van der Waals surface area contributed by atoms with Crippen molar-refractivity contribution >= 4 is 5.91 Å². The van der Waals surface area contributed by atoms with Gasteiger partial charge in [0.05, 0.1) is 19.8 Å². The number of morpholine rings is 1. The van der Waals surface area contributed by atoms with Crippen molar-refractivity contribution in [1.29, 1.82) is 0 Å². The van der Waals surface area contributed by atoms with Crippen molar-refractivity contribution in [1.82, 2.24) is 10.2 Å². The summed E-state index contributed by atoms with van der Waals surface area (Å²) >= 11 is 0. The quantitative estimate of drug-likeness (QED) is 0.755. The number of nitrogens with zero attached hydrogens (tertiary/aromatic N) is 1. The van der Waals surface area contributed by atoms with Crippen LogP contribution in [0.5, 0.6) is 11.5 Å². The maximum absolute atomic E-state index is 12.8. The monoisotopic (exact) mass is 376 g/mol. The van der Waals surface area contributed by atoms with Gasteiger partial charge in [0.2, 0.25) is 5.91 Å². The smallest absolute Gasteiger partial charge is 0.240 e. The lowest BCUT2D eigenvalue weighted by Crippen LogP contribution is -2.53. The molecule has 0 bridgehead atoms. The van der Waals surface area contributed by atoms with Crippen LogP contribution in [0.25, 0.3) is 0 Å². The molecule has 1 amide bonds. The first-order valence-electron chi connectivity index (χ1n) is 10.2. The summed E-state index contributed by atoms with van der Waals surface area (Å²) in [6.07, 6.45) is 3.30. The Balaban J connectivity index is 1.66. The molecule has 1 aromatic rings. The first-order valence-corrected chi connectivity index (χ1v) is 10.2. The van der Waals surface area contributed by atoms with Crippen molar-refractivity contribution < 1.29 is 19.0 Å². The van der Waals surface area contributed by atoms with Gasteiger partial charge in [-0.1, -0.05) is 13.3 Å². The summed E-state index contributed by atoms with van der Waals surface area (Å²) in [7, 11) is 0. The number of amides is 1. The normalized spacial score (nSPS) is 22.2. The average molecular weight is 376 g/mol. The molecule has 2 heterocycles. The molecule has 6 nitrogen and oxygen atoms in total. The van der Waals surface area contributed by atoms with E-state index in [1.165, 1.54) is 5.56 Å². The highest BCUT2D eigenvalue weighted by atomic mass is 16.5. The van der Waals surface area contributed by atoms with E-state index in [1.54, 1.807) is 0 Å². The highest BCUT2D eigenvalue weighted by Gasteiger charge is 2.29. The first-order chi connectivity index (χ1) is 13.1. The minimum Gasteiger partial charge on any atom is -0.494 e.